The number of fused-ring (bicyclic) bond motifs is 1. The molecule has 0 aliphatic heterocycles. The van der Waals surface area contributed by atoms with Crippen LogP contribution in [0.15, 0.2) is 106 Å². The normalized spacial score (nSPS) is 14.5. The van der Waals surface area contributed by atoms with E-state index in [1.54, 1.807) is 41.1 Å². The Kier molecular flexibility index (Phi) is 9.08. The highest BCUT2D eigenvalue weighted by molar-refractivity contribution is 7.16. The minimum atomic E-state index is -0.244. The molecule has 0 unspecified atom stereocenters. The van der Waals surface area contributed by atoms with Crippen molar-refractivity contribution in [2.24, 2.45) is 15.2 Å². The lowest BCUT2D eigenvalue weighted by molar-refractivity contribution is 0.531. The van der Waals surface area contributed by atoms with E-state index in [2.05, 4.69) is 47.4 Å². The SMILES string of the molecule is Cc1nn(-c2ccccc2)c(Cl)c1/C=C\C1=Cc2c(sc(/N=C(\N=Nc3ccc(Cl)cc3)c3ccc(Cl)cc3)c2C#N)C(C)(C)C1. The lowest BCUT2D eigenvalue weighted by Gasteiger charge is -2.29. The van der Waals surface area contributed by atoms with Crippen LogP contribution in [0.1, 0.15) is 53.1 Å². The first kappa shape index (κ1) is 31.7. The molecule has 2 heterocycles. The summed E-state index contributed by atoms with van der Waals surface area (Å²) < 4.78 is 1.74. The summed E-state index contributed by atoms with van der Waals surface area (Å²) in [5.74, 6) is 0.365. The van der Waals surface area contributed by atoms with E-state index in [4.69, 9.17) is 39.8 Å². The molecule has 228 valence electrons. The average molecular weight is 682 g/mol. The molecule has 2 aromatic heterocycles. The van der Waals surface area contributed by atoms with E-state index >= 15 is 0 Å². The number of azo groups is 1. The van der Waals surface area contributed by atoms with Gasteiger partial charge in [-0.2, -0.15) is 10.4 Å². The third-order valence-electron chi connectivity index (χ3n) is 7.54. The molecule has 46 heavy (non-hydrogen) atoms. The summed E-state index contributed by atoms with van der Waals surface area (Å²) in [5.41, 5.74) is 6.12. The molecule has 0 saturated carbocycles. The van der Waals surface area contributed by atoms with Gasteiger partial charge in [-0.05, 0) is 91.7 Å². The Hall–Kier alpha value is -4.32. The fraction of sp³-hybridized carbons (Fsp3) is 0.139. The summed E-state index contributed by atoms with van der Waals surface area (Å²) in [6.45, 7) is 6.31. The zero-order valence-electron chi connectivity index (χ0n) is 25.2. The quantitative estimate of drug-likeness (QED) is 0.102. The summed E-state index contributed by atoms with van der Waals surface area (Å²) in [7, 11) is 0. The average Bonchev–Trinajstić information content (AvgIpc) is 3.55. The van der Waals surface area contributed by atoms with Gasteiger partial charge >= 0.3 is 0 Å². The molecule has 0 radical (unpaired) electrons. The number of aliphatic imine (C=N–C) groups is 1. The number of benzene rings is 3. The second kappa shape index (κ2) is 13.2. The molecule has 6 rings (SSSR count). The summed E-state index contributed by atoms with van der Waals surface area (Å²) in [5, 5.41) is 26.3. The van der Waals surface area contributed by atoms with Gasteiger partial charge in [0.15, 0.2) is 5.84 Å². The first-order valence-corrected chi connectivity index (χ1v) is 16.4. The Morgan fingerprint density at radius 1 is 0.957 bits per heavy atom. The van der Waals surface area contributed by atoms with Gasteiger partial charge in [0, 0.05) is 37.0 Å². The minimum Gasteiger partial charge on any atom is -0.221 e. The first-order valence-electron chi connectivity index (χ1n) is 14.4. The number of nitriles is 1. The van der Waals surface area contributed by atoms with Gasteiger partial charge in [-0.25, -0.2) is 9.67 Å². The summed E-state index contributed by atoms with van der Waals surface area (Å²) in [6, 6.07) is 26.5. The minimum absolute atomic E-state index is 0.244. The van der Waals surface area contributed by atoms with Crippen molar-refractivity contribution >= 4 is 74.8 Å². The van der Waals surface area contributed by atoms with E-state index in [9.17, 15) is 5.26 Å². The van der Waals surface area contributed by atoms with Crippen LogP contribution in [0.4, 0.5) is 10.7 Å². The van der Waals surface area contributed by atoms with Gasteiger partial charge in [0.2, 0.25) is 0 Å². The van der Waals surface area contributed by atoms with Crippen molar-refractivity contribution in [1.29, 1.82) is 5.26 Å². The van der Waals surface area contributed by atoms with Crippen molar-refractivity contribution in [3.05, 3.63) is 139 Å². The number of rotatable bonds is 6. The van der Waals surface area contributed by atoms with Crippen molar-refractivity contribution in [1.82, 2.24) is 9.78 Å². The number of aromatic nitrogens is 2. The van der Waals surface area contributed by atoms with Crippen LogP contribution in [0.3, 0.4) is 0 Å². The molecule has 0 bridgehead atoms. The molecule has 0 fully saturated rings. The topological polar surface area (TPSA) is 78.7 Å². The lowest BCUT2D eigenvalue weighted by atomic mass is 9.77. The van der Waals surface area contributed by atoms with Crippen molar-refractivity contribution in [3.63, 3.8) is 0 Å². The molecule has 3 aromatic carbocycles. The zero-order chi connectivity index (χ0) is 32.4. The van der Waals surface area contributed by atoms with E-state index in [-0.39, 0.29) is 5.41 Å². The Morgan fingerprint density at radius 3 is 2.30 bits per heavy atom. The number of para-hydroxylation sites is 1. The molecule has 1 aliphatic rings. The monoisotopic (exact) mass is 680 g/mol. The van der Waals surface area contributed by atoms with Gasteiger partial charge in [0.05, 0.1) is 22.6 Å². The Labute approximate surface area is 286 Å². The van der Waals surface area contributed by atoms with Crippen molar-refractivity contribution in [2.75, 3.05) is 0 Å². The Morgan fingerprint density at radius 2 is 1.63 bits per heavy atom. The maximum Gasteiger partial charge on any atom is 0.183 e. The number of nitrogens with zero attached hydrogens (tertiary/aromatic N) is 6. The second-order valence-electron chi connectivity index (χ2n) is 11.4. The predicted octanol–water partition coefficient (Wildman–Crippen LogP) is 11.7. The summed E-state index contributed by atoms with van der Waals surface area (Å²) in [4.78, 5) is 6.01. The summed E-state index contributed by atoms with van der Waals surface area (Å²) in [6.07, 6.45) is 6.92. The maximum atomic E-state index is 10.4. The van der Waals surface area contributed by atoms with Crippen LogP contribution in [0.2, 0.25) is 15.2 Å². The van der Waals surface area contributed by atoms with Crippen LogP contribution in [0.5, 0.6) is 0 Å². The number of hydrogen-bond donors (Lipinski definition) is 0. The van der Waals surface area contributed by atoms with Crippen LogP contribution in [-0.4, -0.2) is 15.6 Å². The molecule has 0 N–H and O–H groups in total. The number of thiophene rings is 1. The van der Waals surface area contributed by atoms with Gasteiger partial charge in [-0.15, -0.1) is 21.6 Å². The fourth-order valence-electron chi connectivity index (χ4n) is 5.28. The first-order chi connectivity index (χ1) is 22.1. The Balaban J connectivity index is 1.39. The van der Waals surface area contributed by atoms with E-state index in [1.807, 2.05) is 55.5 Å². The van der Waals surface area contributed by atoms with E-state index in [0.29, 0.717) is 37.3 Å². The van der Waals surface area contributed by atoms with Crippen LogP contribution in [0, 0.1) is 18.3 Å². The van der Waals surface area contributed by atoms with E-state index in [0.717, 1.165) is 44.9 Å². The molecule has 0 amide bonds. The number of halogens is 3. The zero-order valence-corrected chi connectivity index (χ0v) is 28.3. The standard InChI is InChI=1S/C36H27Cl3N6S/c1-22-29(33(39)45(44-22)28-7-5-4-6-8-28)18-9-23-19-30-31(21-40)35(46-32(30)36(2,3)20-23)41-34(24-10-12-25(37)13-11-24)43-42-27-16-14-26(38)15-17-27/h4-19H,20H2,1-3H3/b18-9-,41-34-,43-42?. The maximum absolute atomic E-state index is 10.4. The highest BCUT2D eigenvalue weighted by Crippen LogP contribution is 2.49. The molecule has 5 aromatic rings. The highest BCUT2D eigenvalue weighted by Gasteiger charge is 2.33. The molecule has 1 aliphatic carbocycles. The number of aryl methyl sites for hydroxylation is 1. The number of allylic oxidation sites excluding steroid dienone is 2. The molecule has 0 saturated heterocycles. The number of amidine groups is 1. The smallest absolute Gasteiger partial charge is 0.183 e. The van der Waals surface area contributed by atoms with Gasteiger partial charge in [0.25, 0.3) is 0 Å². The molecular weight excluding hydrogens is 655 g/mol. The third kappa shape index (κ3) is 6.62. The fourth-order valence-corrected chi connectivity index (χ4v) is 7.07. The van der Waals surface area contributed by atoms with Crippen LogP contribution < -0.4 is 0 Å². The molecule has 0 atom stereocenters. The van der Waals surface area contributed by atoms with Crippen LogP contribution in [0.25, 0.3) is 17.8 Å². The third-order valence-corrected chi connectivity index (χ3v) is 9.87. The molecule has 0 spiro atoms. The van der Waals surface area contributed by atoms with E-state index < -0.39 is 0 Å². The van der Waals surface area contributed by atoms with Crippen molar-refractivity contribution in [3.8, 4) is 11.8 Å². The van der Waals surface area contributed by atoms with Gasteiger partial charge in [-0.1, -0.05) is 72.9 Å². The molecule has 6 nitrogen and oxygen atoms in total. The highest BCUT2D eigenvalue weighted by atomic mass is 35.5. The second-order valence-corrected chi connectivity index (χ2v) is 13.6. The van der Waals surface area contributed by atoms with Gasteiger partial charge in [-0.3, -0.25) is 0 Å². The van der Waals surface area contributed by atoms with Crippen molar-refractivity contribution < 1.29 is 0 Å². The number of hydrogen-bond acceptors (Lipinski definition) is 5. The largest absolute Gasteiger partial charge is 0.221 e. The van der Waals surface area contributed by atoms with Gasteiger partial charge < -0.3 is 0 Å². The van der Waals surface area contributed by atoms with Crippen LogP contribution in [-0.2, 0) is 5.41 Å². The van der Waals surface area contributed by atoms with Crippen molar-refractivity contribution in [2.45, 2.75) is 32.6 Å². The van der Waals surface area contributed by atoms with Crippen LogP contribution >= 0.6 is 46.1 Å². The summed E-state index contributed by atoms with van der Waals surface area (Å²) >= 11 is 20.5. The molecular formula is C36H27Cl3N6S. The Bertz CT molecular complexity index is 2080. The van der Waals surface area contributed by atoms with Gasteiger partial charge in [0.1, 0.15) is 16.2 Å². The van der Waals surface area contributed by atoms with E-state index in [1.165, 1.54) is 11.3 Å². The molecule has 10 heteroatoms. The lowest BCUT2D eigenvalue weighted by Crippen LogP contribution is -2.20. The predicted molar refractivity (Wildman–Crippen MR) is 191 cm³/mol.